The molecule has 0 saturated heterocycles. The van der Waals surface area contributed by atoms with Crippen LogP contribution in [0.4, 0.5) is 0 Å². The first kappa shape index (κ1) is 11.0. The smallest absolute Gasteiger partial charge is 0.338 e. The Balaban J connectivity index is 2.28. The fourth-order valence-electron chi connectivity index (χ4n) is 1.91. The second-order valence-electron chi connectivity index (χ2n) is 3.81. The maximum absolute atomic E-state index is 11.7. The number of nitrogens with one attached hydrogen (secondary N) is 1. The highest BCUT2D eigenvalue weighted by molar-refractivity contribution is 5.92. The Labute approximate surface area is 94.6 Å². The molecule has 1 heterocycles. The number of benzene rings is 1. The van der Waals surface area contributed by atoms with Crippen molar-refractivity contribution in [3.63, 3.8) is 0 Å². The Morgan fingerprint density at radius 3 is 3.06 bits per heavy atom. The zero-order valence-electron chi connectivity index (χ0n) is 9.45. The Morgan fingerprint density at radius 1 is 1.56 bits per heavy atom. The number of carbonyl (C=O) groups excluding carboxylic acids is 1. The zero-order valence-corrected chi connectivity index (χ0v) is 9.45. The summed E-state index contributed by atoms with van der Waals surface area (Å²) < 4.78 is 10.4. The van der Waals surface area contributed by atoms with Gasteiger partial charge in [0.25, 0.3) is 0 Å². The molecule has 1 aliphatic heterocycles. The number of ether oxygens (including phenoxy) is 2. The van der Waals surface area contributed by atoms with Gasteiger partial charge in [-0.2, -0.15) is 0 Å². The normalized spacial score (nSPS) is 18.9. The number of hydrogen-bond acceptors (Lipinski definition) is 4. The van der Waals surface area contributed by atoms with E-state index in [4.69, 9.17) is 9.47 Å². The van der Waals surface area contributed by atoms with E-state index in [-0.39, 0.29) is 12.1 Å². The van der Waals surface area contributed by atoms with Crippen LogP contribution in [0.1, 0.15) is 15.9 Å². The highest BCUT2D eigenvalue weighted by Crippen LogP contribution is 2.24. The molecule has 1 unspecified atom stereocenters. The van der Waals surface area contributed by atoms with Crippen LogP contribution in [-0.4, -0.2) is 32.8 Å². The summed E-state index contributed by atoms with van der Waals surface area (Å²) in [5, 5.41) is 3.01. The van der Waals surface area contributed by atoms with Crippen LogP contribution in [-0.2, 0) is 11.2 Å². The molecule has 1 N–H and O–H groups in total. The molecular weight excluding hydrogens is 206 g/mol. The van der Waals surface area contributed by atoms with Crippen LogP contribution in [0.2, 0.25) is 0 Å². The minimum atomic E-state index is -0.246. The summed E-state index contributed by atoms with van der Waals surface area (Å²) in [6.07, 6.45) is 0.649. The minimum Gasteiger partial charge on any atom is -0.497 e. The van der Waals surface area contributed by atoms with Crippen molar-refractivity contribution >= 4 is 5.97 Å². The third-order valence-electron chi connectivity index (χ3n) is 2.69. The molecule has 16 heavy (non-hydrogen) atoms. The van der Waals surface area contributed by atoms with E-state index in [2.05, 4.69) is 5.32 Å². The van der Waals surface area contributed by atoms with Gasteiger partial charge in [-0.3, -0.25) is 0 Å². The fourth-order valence-corrected chi connectivity index (χ4v) is 1.91. The standard InChI is InChI=1S/C12H15NO3/c1-13-7-10-6-8-5-9(15-2)3-4-11(8)12(14)16-10/h3-5,10,13H,6-7H2,1-2H3. The first-order valence-corrected chi connectivity index (χ1v) is 5.27. The predicted molar refractivity (Wildman–Crippen MR) is 59.8 cm³/mol. The van der Waals surface area contributed by atoms with E-state index in [1.807, 2.05) is 13.1 Å². The Kier molecular flexibility index (Phi) is 3.10. The van der Waals surface area contributed by atoms with Crippen molar-refractivity contribution in [2.45, 2.75) is 12.5 Å². The Bertz CT molecular complexity index is 403. The van der Waals surface area contributed by atoms with Gasteiger partial charge in [-0.25, -0.2) is 4.79 Å². The fraction of sp³-hybridized carbons (Fsp3) is 0.417. The van der Waals surface area contributed by atoms with Crippen molar-refractivity contribution in [1.29, 1.82) is 0 Å². The molecule has 4 nitrogen and oxygen atoms in total. The van der Waals surface area contributed by atoms with E-state index in [1.165, 1.54) is 0 Å². The summed E-state index contributed by atoms with van der Waals surface area (Å²) >= 11 is 0. The van der Waals surface area contributed by atoms with Crippen molar-refractivity contribution in [2.75, 3.05) is 20.7 Å². The van der Waals surface area contributed by atoms with Gasteiger partial charge in [0.15, 0.2) is 0 Å². The monoisotopic (exact) mass is 221 g/mol. The van der Waals surface area contributed by atoms with Crippen LogP contribution >= 0.6 is 0 Å². The molecule has 4 heteroatoms. The summed E-state index contributed by atoms with van der Waals surface area (Å²) in [7, 11) is 3.46. The number of methoxy groups -OCH3 is 1. The second-order valence-corrected chi connectivity index (χ2v) is 3.81. The Hall–Kier alpha value is -1.55. The molecule has 0 aromatic heterocycles. The first-order chi connectivity index (χ1) is 7.74. The van der Waals surface area contributed by atoms with E-state index in [9.17, 15) is 4.79 Å². The number of rotatable bonds is 3. The van der Waals surface area contributed by atoms with Gasteiger partial charge in [-0.15, -0.1) is 0 Å². The summed E-state index contributed by atoms with van der Waals surface area (Å²) in [6.45, 7) is 0.669. The lowest BCUT2D eigenvalue weighted by Crippen LogP contribution is -2.35. The summed E-state index contributed by atoms with van der Waals surface area (Å²) in [5.41, 5.74) is 1.64. The van der Waals surface area contributed by atoms with Crippen LogP contribution in [0.15, 0.2) is 18.2 Å². The topological polar surface area (TPSA) is 47.6 Å². The molecule has 1 aromatic carbocycles. The number of carbonyl (C=O) groups is 1. The largest absolute Gasteiger partial charge is 0.497 e. The van der Waals surface area contributed by atoms with Crippen molar-refractivity contribution in [2.24, 2.45) is 0 Å². The molecule has 2 rings (SSSR count). The average molecular weight is 221 g/mol. The first-order valence-electron chi connectivity index (χ1n) is 5.27. The summed E-state index contributed by atoms with van der Waals surface area (Å²) in [5.74, 6) is 0.529. The van der Waals surface area contributed by atoms with Crippen molar-refractivity contribution in [1.82, 2.24) is 5.32 Å². The lowest BCUT2D eigenvalue weighted by molar-refractivity contribution is 0.0263. The molecule has 0 spiro atoms. The van der Waals surface area contributed by atoms with Crippen LogP contribution in [0, 0.1) is 0 Å². The molecule has 0 radical (unpaired) electrons. The Morgan fingerprint density at radius 2 is 2.38 bits per heavy atom. The van der Waals surface area contributed by atoms with E-state index in [0.29, 0.717) is 12.1 Å². The molecule has 0 amide bonds. The molecule has 1 atom stereocenters. The van der Waals surface area contributed by atoms with Crippen molar-refractivity contribution in [3.05, 3.63) is 29.3 Å². The molecule has 86 valence electrons. The van der Waals surface area contributed by atoms with Gasteiger partial charge in [0.2, 0.25) is 0 Å². The minimum absolute atomic E-state index is 0.0860. The number of fused-ring (bicyclic) bond motifs is 1. The van der Waals surface area contributed by atoms with Gasteiger partial charge in [0, 0.05) is 13.0 Å². The van der Waals surface area contributed by atoms with Crippen LogP contribution in [0.3, 0.4) is 0 Å². The molecular formula is C12H15NO3. The molecule has 0 bridgehead atoms. The lowest BCUT2D eigenvalue weighted by atomic mass is 9.98. The second kappa shape index (κ2) is 4.53. The maximum Gasteiger partial charge on any atom is 0.338 e. The lowest BCUT2D eigenvalue weighted by Gasteiger charge is -2.24. The van der Waals surface area contributed by atoms with Gasteiger partial charge in [0.05, 0.1) is 12.7 Å². The molecule has 0 aliphatic carbocycles. The number of hydrogen-bond donors (Lipinski definition) is 1. The SMILES string of the molecule is CNCC1Cc2cc(OC)ccc2C(=O)O1. The van der Waals surface area contributed by atoms with Crippen molar-refractivity contribution < 1.29 is 14.3 Å². The number of esters is 1. The zero-order chi connectivity index (χ0) is 11.5. The number of likely N-dealkylation sites (N-methyl/N-ethyl adjacent to an activating group) is 1. The molecule has 1 aromatic rings. The number of cyclic esters (lactones) is 1. The van der Waals surface area contributed by atoms with E-state index in [1.54, 1.807) is 19.2 Å². The van der Waals surface area contributed by atoms with Gasteiger partial charge < -0.3 is 14.8 Å². The van der Waals surface area contributed by atoms with Crippen molar-refractivity contribution in [3.8, 4) is 5.75 Å². The third-order valence-corrected chi connectivity index (χ3v) is 2.69. The van der Waals surface area contributed by atoms with Gasteiger partial charge >= 0.3 is 5.97 Å². The predicted octanol–water partition coefficient (Wildman–Crippen LogP) is 0.996. The quantitative estimate of drug-likeness (QED) is 0.773. The van der Waals surface area contributed by atoms with Crippen LogP contribution in [0.25, 0.3) is 0 Å². The molecule has 0 saturated carbocycles. The van der Waals surface area contributed by atoms with Gasteiger partial charge in [-0.05, 0) is 30.8 Å². The molecule has 0 fully saturated rings. The van der Waals surface area contributed by atoms with E-state index < -0.39 is 0 Å². The average Bonchev–Trinajstić information content (AvgIpc) is 2.28. The van der Waals surface area contributed by atoms with Gasteiger partial charge in [0.1, 0.15) is 11.9 Å². The third kappa shape index (κ3) is 2.02. The summed E-state index contributed by atoms with van der Waals surface area (Å²) in [6, 6.07) is 5.43. The molecule has 1 aliphatic rings. The van der Waals surface area contributed by atoms with Crippen LogP contribution in [0.5, 0.6) is 5.75 Å². The van der Waals surface area contributed by atoms with E-state index >= 15 is 0 Å². The highest BCUT2D eigenvalue weighted by atomic mass is 16.5. The van der Waals surface area contributed by atoms with Gasteiger partial charge in [-0.1, -0.05) is 0 Å². The highest BCUT2D eigenvalue weighted by Gasteiger charge is 2.25. The van der Waals surface area contributed by atoms with Crippen LogP contribution < -0.4 is 10.1 Å². The maximum atomic E-state index is 11.7. The summed E-state index contributed by atoms with van der Waals surface area (Å²) in [4.78, 5) is 11.7. The van der Waals surface area contributed by atoms with E-state index in [0.717, 1.165) is 17.7 Å².